The monoisotopic (exact) mass is 292 g/mol. The number of piperazine rings is 1. The van der Waals surface area contributed by atoms with Crippen molar-refractivity contribution in [2.75, 3.05) is 13.1 Å². The van der Waals surface area contributed by atoms with Gasteiger partial charge in [0, 0.05) is 36.2 Å². The second-order valence-corrected chi connectivity index (χ2v) is 7.01. The first-order valence-corrected chi connectivity index (χ1v) is 8.29. The Balaban J connectivity index is 1.77. The number of benzene rings is 1. The molecule has 0 amide bonds. The summed E-state index contributed by atoms with van der Waals surface area (Å²) in [5.74, 6) is 0. The van der Waals surface area contributed by atoms with Crippen LogP contribution in [0.4, 0.5) is 0 Å². The highest BCUT2D eigenvalue weighted by atomic mass is 35.5. The zero-order chi connectivity index (χ0) is 14.0. The summed E-state index contributed by atoms with van der Waals surface area (Å²) in [4.78, 5) is 2.73. The van der Waals surface area contributed by atoms with Crippen LogP contribution in [0.1, 0.15) is 44.6 Å². The minimum Gasteiger partial charge on any atom is -0.311 e. The van der Waals surface area contributed by atoms with E-state index in [2.05, 4.69) is 29.3 Å². The second-order valence-electron chi connectivity index (χ2n) is 6.57. The maximum absolute atomic E-state index is 6.00. The lowest BCUT2D eigenvalue weighted by atomic mass is 9.78. The van der Waals surface area contributed by atoms with E-state index in [1.807, 2.05) is 12.1 Å². The van der Waals surface area contributed by atoms with Gasteiger partial charge in [-0.25, -0.2) is 0 Å². The van der Waals surface area contributed by atoms with E-state index in [9.17, 15) is 0 Å². The Kier molecular flexibility index (Phi) is 4.34. The highest BCUT2D eigenvalue weighted by Gasteiger charge is 2.41. The number of hydrogen-bond donors (Lipinski definition) is 1. The van der Waals surface area contributed by atoms with Crippen molar-refractivity contribution in [3.8, 4) is 0 Å². The molecule has 1 unspecified atom stereocenters. The summed E-state index contributed by atoms with van der Waals surface area (Å²) in [5, 5.41) is 4.53. The first-order chi connectivity index (χ1) is 9.68. The third-order valence-corrected chi connectivity index (χ3v) is 5.27. The van der Waals surface area contributed by atoms with Crippen molar-refractivity contribution in [3.63, 3.8) is 0 Å². The van der Waals surface area contributed by atoms with Gasteiger partial charge in [0.1, 0.15) is 0 Å². The SMILES string of the molecule is CC1CN(Cc2ccc(Cl)cc2)C2(CCCCC2)CN1. The summed E-state index contributed by atoms with van der Waals surface area (Å²) in [6.07, 6.45) is 6.87. The Morgan fingerprint density at radius 2 is 1.90 bits per heavy atom. The van der Waals surface area contributed by atoms with Crippen LogP contribution in [-0.2, 0) is 6.54 Å². The molecule has 2 nitrogen and oxygen atoms in total. The molecule has 1 saturated heterocycles. The number of nitrogens with one attached hydrogen (secondary N) is 1. The van der Waals surface area contributed by atoms with Gasteiger partial charge in [-0.3, -0.25) is 4.90 Å². The van der Waals surface area contributed by atoms with Gasteiger partial charge in [0.2, 0.25) is 0 Å². The third kappa shape index (κ3) is 3.03. The Morgan fingerprint density at radius 1 is 1.20 bits per heavy atom. The molecule has 0 aromatic heterocycles. The van der Waals surface area contributed by atoms with Crippen molar-refractivity contribution in [2.24, 2.45) is 0 Å². The van der Waals surface area contributed by atoms with Crippen molar-refractivity contribution in [3.05, 3.63) is 34.9 Å². The molecule has 0 bridgehead atoms. The van der Waals surface area contributed by atoms with Gasteiger partial charge >= 0.3 is 0 Å². The molecule has 1 N–H and O–H groups in total. The van der Waals surface area contributed by atoms with Gasteiger partial charge in [-0.2, -0.15) is 0 Å². The maximum atomic E-state index is 6.00. The number of rotatable bonds is 2. The fourth-order valence-electron chi connectivity index (χ4n) is 3.81. The van der Waals surface area contributed by atoms with E-state index in [1.54, 1.807) is 0 Å². The van der Waals surface area contributed by atoms with Crippen LogP contribution in [-0.4, -0.2) is 29.6 Å². The smallest absolute Gasteiger partial charge is 0.0406 e. The van der Waals surface area contributed by atoms with E-state index >= 15 is 0 Å². The molecular formula is C17H25ClN2. The van der Waals surface area contributed by atoms with Crippen LogP contribution in [0.2, 0.25) is 5.02 Å². The molecule has 3 rings (SSSR count). The van der Waals surface area contributed by atoms with Crippen LogP contribution >= 0.6 is 11.6 Å². The zero-order valence-electron chi connectivity index (χ0n) is 12.4. The molecule has 20 heavy (non-hydrogen) atoms. The standard InChI is InChI=1S/C17H25ClN2/c1-14-11-20(12-15-5-7-16(18)8-6-15)17(13-19-14)9-3-2-4-10-17/h5-8,14,19H,2-4,9-13H2,1H3. The van der Waals surface area contributed by atoms with E-state index in [-0.39, 0.29) is 0 Å². The van der Waals surface area contributed by atoms with E-state index in [0.717, 1.165) is 24.7 Å². The van der Waals surface area contributed by atoms with Crippen LogP contribution < -0.4 is 5.32 Å². The van der Waals surface area contributed by atoms with Crippen LogP contribution in [0, 0.1) is 0 Å². The van der Waals surface area contributed by atoms with Gasteiger partial charge in [-0.15, -0.1) is 0 Å². The molecule has 110 valence electrons. The van der Waals surface area contributed by atoms with E-state index in [4.69, 9.17) is 11.6 Å². The third-order valence-electron chi connectivity index (χ3n) is 5.02. The van der Waals surface area contributed by atoms with E-state index in [0.29, 0.717) is 11.6 Å². The molecule has 1 saturated carbocycles. The lowest BCUT2D eigenvalue weighted by molar-refractivity contribution is 0.00618. The minimum atomic E-state index is 0.393. The lowest BCUT2D eigenvalue weighted by Gasteiger charge is -2.51. The number of nitrogens with zero attached hydrogens (tertiary/aromatic N) is 1. The quantitative estimate of drug-likeness (QED) is 0.891. The molecule has 1 aromatic rings. The highest BCUT2D eigenvalue weighted by Crippen LogP contribution is 2.36. The molecular weight excluding hydrogens is 268 g/mol. The topological polar surface area (TPSA) is 15.3 Å². The zero-order valence-corrected chi connectivity index (χ0v) is 13.1. The van der Waals surface area contributed by atoms with Crippen molar-refractivity contribution >= 4 is 11.6 Å². The van der Waals surface area contributed by atoms with E-state index < -0.39 is 0 Å². The van der Waals surface area contributed by atoms with Crippen molar-refractivity contribution in [1.29, 1.82) is 0 Å². The molecule has 1 aliphatic carbocycles. The first kappa shape index (κ1) is 14.4. The van der Waals surface area contributed by atoms with Gasteiger partial charge in [-0.05, 0) is 37.5 Å². The van der Waals surface area contributed by atoms with Crippen molar-refractivity contribution in [1.82, 2.24) is 10.2 Å². The van der Waals surface area contributed by atoms with Gasteiger partial charge in [0.15, 0.2) is 0 Å². The summed E-state index contributed by atoms with van der Waals surface area (Å²) in [5.41, 5.74) is 1.78. The lowest BCUT2D eigenvalue weighted by Crippen LogP contribution is -2.64. The van der Waals surface area contributed by atoms with E-state index in [1.165, 1.54) is 37.7 Å². The normalized spacial score (nSPS) is 26.8. The summed E-state index contributed by atoms with van der Waals surface area (Å²) in [6, 6.07) is 8.96. The van der Waals surface area contributed by atoms with Gasteiger partial charge in [0.25, 0.3) is 0 Å². The molecule has 2 fully saturated rings. The fourth-order valence-corrected chi connectivity index (χ4v) is 3.94. The first-order valence-electron chi connectivity index (χ1n) is 7.91. The Morgan fingerprint density at radius 3 is 2.60 bits per heavy atom. The molecule has 1 aliphatic heterocycles. The highest BCUT2D eigenvalue weighted by molar-refractivity contribution is 6.30. The second kappa shape index (κ2) is 6.05. The maximum Gasteiger partial charge on any atom is 0.0406 e. The molecule has 0 radical (unpaired) electrons. The molecule has 1 atom stereocenters. The predicted molar refractivity (Wildman–Crippen MR) is 85.1 cm³/mol. The van der Waals surface area contributed by atoms with Crippen LogP contribution in [0.25, 0.3) is 0 Å². The van der Waals surface area contributed by atoms with Crippen molar-refractivity contribution in [2.45, 2.75) is 57.2 Å². The summed E-state index contributed by atoms with van der Waals surface area (Å²) < 4.78 is 0. The Bertz CT molecular complexity index is 437. The Labute approximate surface area is 127 Å². The minimum absolute atomic E-state index is 0.393. The van der Waals surface area contributed by atoms with Crippen LogP contribution in [0.5, 0.6) is 0 Å². The average molecular weight is 293 g/mol. The van der Waals surface area contributed by atoms with Crippen LogP contribution in [0.3, 0.4) is 0 Å². The fraction of sp³-hybridized carbons (Fsp3) is 0.647. The number of hydrogen-bond acceptors (Lipinski definition) is 2. The molecule has 1 heterocycles. The largest absolute Gasteiger partial charge is 0.311 e. The van der Waals surface area contributed by atoms with Gasteiger partial charge in [-0.1, -0.05) is 43.0 Å². The summed E-state index contributed by atoms with van der Waals surface area (Å²) in [7, 11) is 0. The van der Waals surface area contributed by atoms with Gasteiger partial charge < -0.3 is 5.32 Å². The van der Waals surface area contributed by atoms with Crippen molar-refractivity contribution < 1.29 is 0 Å². The molecule has 2 aliphatic rings. The van der Waals surface area contributed by atoms with Crippen LogP contribution in [0.15, 0.2) is 24.3 Å². The number of halogens is 1. The summed E-state index contributed by atoms with van der Waals surface area (Å²) in [6.45, 7) is 5.66. The summed E-state index contributed by atoms with van der Waals surface area (Å²) >= 11 is 6.00. The predicted octanol–water partition coefficient (Wildman–Crippen LogP) is 3.84. The molecule has 3 heteroatoms. The molecule has 1 aromatic carbocycles. The Hall–Kier alpha value is -0.570. The van der Waals surface area contributed by atoms with Gasteiger partial charge in [0.05, 0.1) is 0 Å². The average Bonchev–Trinajstić information content (AvgIpc) is 2.47. The molecule has 1 spiro atoms.